The molecule has 0 aliphatic carbocycles. The standard InChI is InChI=1S/C14H19N3O2/c1-9-14(2,6-7-19-9)17-12-8-10(18-3)4-5-11(12)16-13(17)15/h4-5,8-9H,6-7H2,1-3H3,(H2,15,16). The van der Waals surface area contributed by atoms with Crippen LogP contribution in [0.15, 0.2) is 18.2 Å². The Morgan fingerprint density at radius 3 is 2.95 bits per heavy atom. The minimum Gasteiger partial charge on any atom is -0.497 e. The molecule has 1 aromatic heterocycles. The average Bonchev–Trinajstić information content (AvgIpc) is 2.89. The van der Waals surface area contributed by atoms with E-state index in [1.165, 1.54) is 0 Å². The summed E-state index contributed by atoms with van der Waals surface area (Å²) < 4.78 is 13.1. The number of hydrogen-bond acceptors (Lipinski definition) is 4. The molecule has 1 fully saturated rings. The van der Waals surface area contributed by atoms with Gasteiger partial charge in [-0.25, -0.2) is 4.98 Å². The largest absolute Gasteiger partial charge is 0.497 e. The zero-order valence-electron chi connectivity index (χ0n) is 11.5. The maximum Gasteiger partial charge on any atom is 0.201 e. The number of nitrogens with two attached hydrogens (primary N) is 1. The maximum absolute atomic E-state index is 6.13. The van der Waals surface area contributed by atoms with Gasteiger partial charge in [0.25, 0.3) is 0 Å². The molecule has 2 aromatic rings. The van der Waals surface area contributed by atoms with Gasteiger partial charge in [-0.15, -0.1) is 0 Å². The van der Waals surface area contributed by atoms with Crippen molar-refractivity contribution in [1.82, 2.24) is 9.55 Å². The molecular formula is C14H19N3O2. The van der Waals surface area contributed by atoms with Crippen LogP contribution in [0.4, 0.5) is 5.95 Å². The molecule has 2 heterocycles. The molecule has 0 amide bonds. The van der Waals surface area contributed by atoms with E-state index in [1.807, 2.05) is 18.2 Å². The van der Waals surface area contributed by atoms with Gasteiger partial charge in [0, 0.05) is 12.7 Å². The Morgan fingerprint density at radius 1 is 1.53 bits per heavy atom. The highest BCUT2D eigenvalue weighted by Gasteiger charge is 2.40. The number of fused-ring (bicyclic) bond motifs is 1. The Morgan fingerprint density at radius 2 is 2.32 bits per heavy atom. The highest BCUT2D eigenvalue weighted by Crippen LogP contribution is 2.38. The van der Waals surface area contributed by atoms with Crippen molar-refractivity contribution in [1.29, 1.82) is 0 Å². The third-order valence-corrected chi connectivity index (χ3v) is 4.25. The molecule has 5 heteroatoms. The van der Waals surface area contributed by atoms with E-state index in [0.29, 0.717) is 5.95 Å². The van der Waals surface area contributed by atoms with Crippen molar-refractivity contribution in [3.05, 3.63) is 18.2 Å². The molecule has 0 spiro atoms. The number of rotatable bonds is 2. The van der Waals surface area contributed by atoms with Gasteiger partial charge in [0.2, 0.25) is 5.95 Å². The minimum atomic E-state index is -0.162. The molecule has 2 unspecified atom stereocenters. The molecule has 1 aliphatic rings. The second-order valence-corrected chi connectivity index (χ2v) is 5.28. The van der Waals surface area contributed by atoms with E-state index in [-0.39, 0.29) is 11.6 Å². The van der Waals surface area contributed by atoms with Gasteiger partial charge in [-0.2, -0.15) is 0 Å². The van der Waals surface area contributed by atoms with E-state index in [0.717, 1.165) is 29.8 Å². The fourth-order valence-electron chi connectivity index (χ4n) is 2.86. The fraction of sp³-hybridized carbons (Fsp3) is 0.500. The smallest absolute Gasteiger partial charge is 0.201 e. The van der Waals surface area contributed by atoms with Crippen LogP contribution in [0.25, 0.3) is 11.0 Å². The van der Waals surface area contributed by atoms with Gasteiger partial charge in [-0.3, -0.25) is 0 Å². The van der Waals surface area contributed by atoms with Gasteiger partial charge in [0.1, 0.15) is 5.75 Å². The molecule has 2 atom stereocenters. The molecule has 0 radical (unpaired) electrons. The molecule has 102 valence electrons. The van der Waals surface area contributed by atoms with Crippen LogP contribution in [-0.4, -0.2) is 29.4 Å². The topological polar surface area (TPSA) is 62.3 Å². The third-order valence-electron chi connectivity index (χ3n) is 4.25. The van der Waals surface area contributed by atoms with Crippen molar-refractivity contribution in [2.45, 2.75) is 31.9 Å². The normalized spacial score (nSPS) is 27.0. The van der Waals surface area contributed by atoms with Crippen molar-refractivity contribution >= 4 is 17.0 Å². The molecule has 0 bridgehead atoms. The Labute approximate surface area is 112 Å². The Balaban J connectivity index is 2.24. The summed E-state index contributed by atoms with van der Waals surface area (Å²) in [5.74, 6) is 1.34. The molecule has 19 heavy (non-hydrogen) atoms. The summed E-state index contributed by atoms with van der Waals surface area (Å²) in [5.41, 5.74) is 7.85. The lowest BCUT2D eigenvalue weighted by atomic mass is 9.94. The van der Waals surface area contributed by atoms with Crippen molar-refractivity contribution in [2.24, 2.45) is 0 Å². The second kappa shape index (κ2) is 4.13. The summed E-state index contributed by atoms with van der Waals surface area (Å²) >= 11 is 0. The van der Waals surface area contributed by atoms with Crippen LogP contribution < -0.4 is 10.5 Å². The second-order valence-electron chi connectivity index (χ2n) is 5.28. The molecule has 3 rings (SSSR count). The van der Waals surface area contributed by atoms with E-state index in [4.69, 9.17) is 15.2 Å². The van der Waals surface area contributed by atoms with E-state index in [1.54, 1.807) is 7.11 Å². The zero-order chi connectivity index (χ0) is 13.6. The monoisotopic (exact) mass is 261 g/mol. The molecule has 0 saturated carbocycles. The number of aromatic nitrogens is 2. The Kier molecular flexibility index (Phi) is 2.67. The number of ether oxygens (including phenoxy) is 2. The number of benzene rings is 1. The lowest BCUT2D eigenvalue weighted by Crippen LogP contribution is -2.37. The van der Waals surface area contributed by atoms with Crippen LogP contribution in [0, 0.1) is 0 Å². The van der Waals surface area contributed by atoms with Crippen LogP contribution in [0.2, 0.25) is 0 Å². The number of hydrogen-bond donors (Lipinski definition) is 1. The van der Waals surface area contributed by atoms with Crippen LogP contribution >= 0.6 is 0 Å². The summed E-state index contributed by atoms with van der Waals surface area (Å²) in [6.07, 6.45) is 1.04. The van der Waals surface area contributed by atoms with Crippen molar-refractivity contribution in [2.75, 3.05) is 19.5 Å². The number of nitrogens with zero attached hydrogens (tertiary/aromatic N) is 2. The Hall–Kier alpha value is -1.75. The van der Waals surface area contributed by atoms with Crippen LogP contribution in [-0.2, 0) is 10.3 Å². The first-order chi connectivity index (χ1) is 9.06. The molecule has 1 aromatic carbocycles. The quantitative estimate of drug-likeness (QED) is 0.899. The van der Waals surface area contributed by atoms with Gasteiger partial charge < -0.3 is 19.8 Å². The van der Waals surface area contributed by atoms with Gasteiger partial charge in [0.15, 0.2) is 0 Å². The summed E-state index contributed by atoms with van der Waals surface area (Å²) in [7, 11) is 1.66. The average molecular weight is 261 g/mol. The predicted octanol–water partition coefficient (Wildman–Crippen LogP) is 2.15. The predicted molar refractivity (Wildman–Crippen MR) is 74.4 cm³/mol. The van der Waals surface area contributed by atoms with Gasteiger partial charge in [-0.05, 0) is 32.4 Å². The summed E-state index contributed by atoms with van der Waals surface area (Å²) in [6.45, 7) is 5.00. The highest BCUT2D eigenvalue weighted by molar-refractivity contribution is 5.80. The SMILES string of the molecule is COc1ccc2nc(N)n(C3(C)CCOC3C)c2c1. The molecule has 1 aliphatic heterocycles. The maximum atomic E-state index is 6.13. The first-order valence-corrected chi connectivity index (χ1v) is 6.50. The van der Waals surface area contributed by atoms with Crippen molar-refractivity contribution < 1.29 is 9.47 Å². The third kappa shape index (κ3) is 1.69. The Bertz CT molecular complexity index is 622. The highest BCUT2D eigenvalue weighted by atomic mass is 16.5. The number of methoxy groups -OCH3 is 1. The summed E-state index contributed by atoms with van der Waals surface area (Å²) in [6, 6.07) is 5.82. The minimum absolute atomic E-state index is 0.110. The molecular weight excluding hydrogens is 242 g/mol. The summed E-state index contributed by atoms with van der Waals surface area (Å²) in [4.78, 5) is 4.44. The fourth-order valence-corrected chi connectivity index (χ4v) is 2.86. The van der Waals surface area contributed by atoms with Gasteiger partial charge in [-0.1, -0.05) is 0 Å². The number of anilines is 1. The van der Waals surface area contributed by atoms with Gasteiger partial charge >= 0.3 is 0 Å². The van der Waals surface area contributed by atoms with E-state index >= 15 is 0 Å². The molecule has 1 saturated heterocycles. The van der Waals surface area contributed by atoms with Crippen LogP contribution in [0.1, 0.15) is 20.3 Å². The first kappa shape index (κ1) is 12.3. The van der Waals surface area contributed by atoms with Crippen molar-refractivity contribution in [3.8, 4) is 5.75 Å². The zero-order valence-corrected chi connectivity index (χ0v) is 11.5. The molecule has 2 N–H and O–H groups in total. The summed E-state index contributed by atoms with van der Waals surface area (Å²) in [5, 5.41) is 0. The van der Waals surface area contributed by atoms with E-state index < -0.39 is 0 Å². The molecule has 5 nitrogen and oxygen atoms in total. The number of imidazole rings is 1. The van der Waals surface area contributed by atoms with E-state index in [2.05, 4.69) is 23.4 Å². The van der Waals surface area contributed by atoms with Crippen LogP contribution in [0.5, 0.6) is 5.75 Å². The van der Waals surface area contributed by atoms with Crippen LogP contribution in [0.3, 0.4) is 0 Å². The first-order valence-electron chi connectivity index (χ1n) is 6.50. The van der Waals surface area contributed by atoms with Gasteiger partial charge in [0.05, 0.1) is 29.8 Å². The van der Waals surface area contributed by atoms with E-state index in [9.17, 15) is 0 Å². The number of nitrogen functional groups attached to an aromatic ring is 1. The van der Waals surface area contributed by atoms with Crippen molar-refractivity contribution in [3.63, 3.8) is 0 Å². The lowest BCUT2D eigenvalue weighted by Gasteiger charge is -2.31. The lowest BCUT2D eigenvalue weighted by molar-refractivity contribution is 0.0783.